The number of carbonyl (C=O) groups is 1. The summed E-state index contributed by atoms with van der Waals surface area (Å²) in [6.07, 6.45) is 14.0. The molecule has 0 amide bonds. The standard InChI is InChI=1S/C16H24O/c17-16-9-5-8-14-10-12-6-3-1-2-4-7-13(12)11-15(14)16/h14-15H,1-11H2/t14-,15-/m1/s1. The van der Waals surface area contributed by atoms with E-state index < -0.39 is 0 Å². The van der Waals surface area contributed by atoms with E-state index in [9.17, 15) is 4.79 Å². The van der Waals surface area contributed by atoms with Crippen LogP contribution in [0.5, 0.6) is 0 Å². The van der Waals surface area contributed by atoms with Crippen molar-refractivity contribution < 1.29 is 4.79 Å². The Labute approximate surface area is 105 Å². The number of hydrogen-bond acceptors (Lipinski definition) is 1. The molecule has 0 aliphatic heterocycles. The lowest BCUT2D eigenvalue weighted by Crippen LogP contribution is -2.32. The van der Waals surface area contributed by atoms with Gasteiger partial charge in [0.15, 0.2) is 0 Å². The van der Waals surface area contributed by atoms with Crippen molar-refractivity contribution in [1.82, 2.24) is 0 Å². The Morgan fingerprint density at radius 1 is 0.765 bits per heavy atom. The number of fused-ring (bicyclic) bond motifs is 1. The molecular weight excluding hydrogens is 208 g/mol. The van der Waals surface area contributed by atoms with Gasteiger partial charge in [-0.1, -0.05) is 24.0 Å². The van der Waals surface area contributed by atoms with Crippen molar-refractivity contribution in [3.63, 3.8) is 0 Å². The second-order valence-electron chi connectivity index (χ2n) is 6.25. The van der Waals surface area contributed by atoms with Crippen molar-refractivity contribution >= 4 is 5.78 Å². The molecule has 0 bridgehead atoms. The number of carbonyl (C=O) groups excluding carboxylic acids is 1. The van der Waals surface area contributed by atoms with Gasteiger partial charge >= 0.3 is 0 Å². The van der Waals surface area contributed by atoms with Gasteiger partial charge in [0.25, 0.3) is 0 Å². The molecule has 17 heavy (non-hydrogen) atoms. The fraction of sp³-hybridized carbons (Fsp3) is 0.812. The highest BCUT2D eigenvalue weighted by Crippen LogP contribution is 2.44. The predicted molar refractivity (Wildman–Crippen MR) is 69.8 cm³/mol. The Morgan fingerprint density at radius 3 is 2.24 bits per heavy atom. The lowest BCUT2D eigenvalue weighted by atomic mass is 9.66. The summed E-state index contributed by atoms with van der Waals surface area (Å²) in [4.78, 5) is 12.0. The van der Waals surface area contributed by atoms with Crippen molar-refractivity contribution in [2.75, 3.05) is 0 Å². The molecule has 0 saturated heterocycles. The fourth-order valence-corrected chi connectivity index (χ4v) is 4.17. The van der Waals surface area contributed by atoms with Crippen LogP contribution in [0.3, 0.4) is 0 Å². The van der Waals surface area contributed by atoms with Gasteiger partial charge < -0.3 is 0 Å². The molecule has 1 fully saturated rings. The lowest BCUT2D eigenvalue weighted by molar-refractivity contribution is -0.126. The highest BCUT2D eigenvalue weighted by Gasteiger charge is 2.36. The number of ketones is 1. The van der Waals surface area contributed by atoms with E-state index in [4.69, 9.17) is 0 Å². The maximum atomic E-state index is 12.0. The molecule has 1 heteroatoms. The predicted octanol–water partition coefficient (Wildman–Crippen LogP) is 4.42. The second kappa shape index (κ2) is 4.96. The average molecular weight is 232 g/mol. The SMILES string of the molecule is O=C1CCC[C@@H]2CC3=C(CCCCCC3)C[C@@H]12. The van der Waals surface area contributed by atoms with E-state index in [1.165, 1.54) is 51.4 Å². The second-order valence-corrected chi connectivity index (χ2v) is 6.25. The highest BCUT2D eigenvalue weighted by atomic mass is 16.1. The van der Waals surface area contributed by atoms with Gasteiger partial charge in [-0.15, -0.1) is 0 Å². The van der Waals surface area contributed by atoms with Gasteiger partial charge in [-0.05, 0) is 57.3 Å². The maximum Gasteiger partial charge on any atom is 0.136 e. The van der Waals surface area contributed by atoms with Gasteiger partial charge in [-0.3, -0.25) is 4.79 Å². The van der Waals surface area contributed by atoms with E-state index in [0.29, 0.717) is 11.7 Å². The molecule has 0 aromatic carbocycles. The van der Waals surface area contributed by atoms with Crippen LogP contribution in [0.2, 0.25) is 0 Å². The molecule has 3 aliphatic carbocycles. The monoisotopic (exact) mass is 232 g/mol. The van der Waals surface area contributed by atoms with Gasteiger partial charge in [0, 0.05) is 12.3 Å². The van der Waals surface area contributed by atoms with Crippen LogP contribution in [0.25, 0.3) is 0 Å². The molecule has 0 heterocycles. The molecule has 3 rings (SSSR count). The molecule has 94 valence electrons. The third kappa shape index (κ3) is 2.34. The highest BCUT2D eigenvalue weighted by molar-refractivity contribution is 5.82. The Balaban J connectivity index is 1.80. The summed E-state index contributed by atoms with van der Waals surface area (Å²) in [6, 6.07) is 0. The van der Waals surface area contributed by atoms with Crippen LogP contribution in [0.15, 0.2) is 11.1 Å². The Hall–Kier alpha value is -0.590. The summed E-state index contributed by atoms with van der Waals surface area (Å²) in [5.41, 5.74) is 3.46. The molecule has 2 atom stereocenters. The number of allylic oxidation sites excluding steroid dienone is 2. The number of rotatable bonds is 0. The van der Waals surface area contributed by atoms with Gasteiger partial charge in [-0.2, -0.15) is 0 Å². The van der Waals surface area contributed by atoms with E-state index in [2.05, 4.69) is 0 Å². The molecular formula is C16H24O. The molecule has 0 unspecified atom stereocenters. The largest absolute Gasteiger partial charge is 0.299 e. The summed E-state index contributed by atoms with van der Waals surface area (Å²) in [5, 5.41) is 0. The van der Waals surface area contributed by atoms with Gasteiger partial charge in [0.05, 0.1) is 0 Å². The minimum Gasteiger partial charge on any atom is -0.299 e. The van der Waals surface area contributed by atoms with Crippen LogP contribution in [0.4, 0.5) is 0 Å². The Kier molecular flexibility index (Phi) is 3.35. The molecule has 0 N–H and O–H groups in total. The zero-order chi connectivity index (χ0) is 11.7. The summed E-state index contributed by atoms with van der Waals surface area (Å²) >= 11 is 0. The normalized spacial score (nSPS) is 34.7. The molecule has 1 saturated carbocycles. The molecule has 0 aromatic rings. The first kappa shape index (κ1) is 11.5. The van der Waals surface area contributed by atoms with Gasteiger partial charge in [-0.25, -0.2) is 0 Å². The van der Waals surface area contributed by atoms with E-state index >= 15 is 0 Å². The van der Waals surface area contributed by atoms with Crippen molar-refractivity contribution in [1.29, 1.82) is 0 Å². The van der Waals surface area contributed by atoms with E-state index in [1.807, 2.05) is 0 Å². The van der Waals surface area contributed by atoms with E-state index in [-0.39, 0.29) is 0 Å². The Bertz CT molecular complexity index is 339. The quantitative estimate of drug-likeness (QED) is 0.565. The summed E-state index contributed by atoms with van der Waals surface area (Å²) in [7, 11) is 0. The molecule has 1 nitrogen and oxygen atoms in total. The molecule has 0 radical (unpaired) electrons. The zero-order valence-electron chi connectivity index (χ0n) is 10.8. The third-order valence-electron chi connectivity index (χ3n) is 5.16. The number of hydrogen-bond donors (Lipinski definition) is 0. The smallest absolute Gasteiger partial charge is 0.136 e. The van der Waals surface area contributed by atoms with Crippen LogP contribution in [0, 0.1) is 11.8 Å². The maximum absolute atomic E-state index is 12.0. The first-order valence-corrected chi connectivity index (χ1v) is 7.57. The van der Waals surface area contributed by atoms with Crippen LogP contribution < -0.4 is 0 Å². The van der Waals surface area contributed by atoms with Crippen LogP contribution in [0.1, 0.15) is 70.6 Å². The van der Waals surface area contributed by atoms with E-state index in [1.54, 1.807) is 11.1 Å². The third-order valence-corrected chi connectivity index (χ3v) is 5.16. The lowest BCUT2D eigenvalue weighted by Gasteiger charge is -2.37. The molecule has 3 aliphatic rings. The molecule has 0 aromatic heterocycles. The summed E-state index contributed by atoms with van der Waals surface area (Å²) in [5.74, 6) is 1.71. The van der Waals surface area contributed by atoms with Crippen molar-refractivity contribution in [3.8, 4) is 0 Å². The summed E-state index contributed by atoms with van der Waals surface area (Å²) in [6.45, 7) is 0. The fourth-order valence-electron chi connectivity index (χ4n) is 4.17. The number of Topliss-reactive ketones (excluding diaryl/α,β-unsaturated/α-hetero) is 1. The van der Waals surface area contributed by atoms with E-state index in [0.717, 1.165) is 25.2 Å². The first-order chi connectivity index (χ1) is 8.34. The van der Waals surface area contributed by atoms with Crippen molar-refractivity contribution in [3.05, 3.63) is 11.1 Å². The first-order valence-electron chi connectivity index (χ1n) is 7.57. The average Bonchev–Trinajstić information content (AvgIpc) is 2.30. The zero-order valence-corrected chi connectivity index (χ0v) is 10.8. The van der Waals surface area contributed by atoms with Crippen molar-refractivity contribution in [2.45, 2.75) is 70.6 Å². The van der Waals surface area contributed by atoms with Gasteiger partial charge in [0.1, 0.15) is 5.78 Å². The minimum absolute atomic E-state index is 0.418. The molecule has 0 spiro atoms. The van der Waals surface area contributed by atoms with Crippen molar-refractivity contribution in [2.24, 2.45) is 11.8 Å². The Morgan fingerprint density at radius 2 is 1.47 bits per heavy atom. The summed E-state index contributed by atoms with van der Waals surface area (Å²) < 4.78 is 0. The topological polar surface area (TPSA) is 17.1 Å². The van der Waals surface area contributed by atoms with Gasteiger partial charge in [0.2, 0.25) is 0 Å². The van der Waals surface area contributed by atoms with Crippen LogP contribution in [-0.4, -0.2) is 5.78 Å². The van der Waals surface area contributed by atoms with Crippen LogP contribution >= 0.6 is 0 Å². The minimum atomic E-state index is 0.418. The van der Waals surface area contributed by atoms with Crippen LogP contribution in [-0.2, 0) is 4.79 Å².